The highest BCUT2D eigenvalue weighted by Gasteiger charge is 2.22. The van der Waals surface area contributed by atoms with Crippen molar-refractivity contribution in [3.05, 3.63) is 0 Å². The fourth-order valence-electron chi connectivity index (χ4n) is 0.794. The Kier molecular flexibility index (Phi) is 2.16. The SMILES string of the molecule is CS[C@@H]1COC[C@H]1N. The molecule has 0 unspecified atom stereocenters. The van der Waals surface area contributed by atoms with Crippen LogP contribution in [0.2, 0.25) is 0 Å². The lowest BCUT2D eigenvalue weighted by molar-refractivity contribution is 0.195. The van der Waals surface area contributed by atoms with Crippen LogP contribution in [0.25, 0.3) is 0 Å². The molecule has 1 fully saturated rings. The minimum atomic E-state index is 0.269. The smallest absolute Gasteiger partial charge is 0.0629 e. The molecule has 3 heteroatoms. The van der Waals surface area contributed by atoms with E-state index < -0.39 is 0 Å². The summed E-state index contributed by atoms with van der Waals surface area (Å²) in [5.41, 5.74) is 5.64. The molecule has 2 nitrogen and oxygen atoms in total. The van der Waals surface area contributed by atoms with Gasteiger partial charge >= 0.3 is 0 Å². The van der Waals surface area contributed by atoms with Crippen molar-refractivity contribution in [3.8, 4) is 0 Å². The molecule has 0 saturated carbocycles. The van der Waals surface area contributed by atoms with Crippen molar-refractivity contribution in [2.24, 2.45) is 5.73 Å². The lowest BCUT2D eigenvalue weighted by atomic mass is 10.3. The highest BCUT2D eigenvalue weighted by molar-refractivity contribution is 7.99. The van der Waals surface area contributed by atoms with Gasteiger partial charge in [0.15, 0.2) is 0 Å². The van der Waals surface area contributed by atoms with Gasteiger partial charge in [-0.05, 0) is 6.26 Å². The number of hydrogen-bond acceptors (Lipinski definition) is 3. The summed E-state index contributed by atoms with van der Waals surface area (Å²) in [6.07, 6.45) is 2.07. The Balaban J connectivity index is 2.30. The number of nitrogens with two attached hydrogens (primary N) is 1. The van der Waals surface area contributed by atoms with Crippen molar-refractivity contribution in [2.45, 2.75) is 11.3 Å². The molecular weight excluding hydrogens is 122 g/mol. The summed E-state index contributed by atoms with van der Waals surface area (Å²) in [5.74, 6) is 0. The predicted octanol–water partition coefficient (Wildman–Crippen LogP) is 0.0755. The fraction of sp³-hybridized carbons (Fsp3) is 1.00. The van der Waals surface area contributed by atoms with Gasteiger partial charge in [0.25, 0.3) is 0 Å². The molecule has 48 valence electrons. The molecule has 8 heavy (non-hydrogen) atoms. The van der Waals surface area contributed by atoms with Crippen molar-refractivity contribution >= 4 is 11.8 Å². The highest BCUT2D eigenvalue weighted by Crippen LogP contribution is 2.15. The molecule has 0 spiro atoms. The highest BCUT2D eigenvalue weighted by atomic mass is 32.2. The van der Waals surface area contributed by atoms with Crippen LogP contribution in [0, 0.1) is 0 Å². The average Bonchev–Trinajstić information content (AvgIpc) is 2.14. The van der Waals surface area contributed by atoms with Gasteiger partial charge < -0.3 is 10.5 Å². The van der Waals surface area contributed by atoms with Crippen LogP contribution in [0.15, 0.2) is 0 Å². The maximum absolute atomic E-state index is 5.64. The quantitative estimate of drug-likeness (QED) is 0.550. The van der Waals surface area contributed by atoms with Gasteiger partial charge in [-0.3, -0.25) is 0 Å². The zero-order chi connectivity index (χ0) is 5.98. The largest absolute Gasteiger partial charge is 0.379 e. The first-order chi connectivity index (χ1) is 3.84. The molecule has 0 aromatic rings. The van der Waals surface area contributed by atoms with E-state index in [2.05, 4.69) is 6.26 Å². The Morgan fingerprint density at radius 2 is 2.38 bits per heavy atom. The lowest BCUT2D eigenvalue weighted by Gasteiger charge is -2.07. The number of hydrogen-bond donors (Lipinski definition) is 1. The Morgan fingerprint density at radius 3 is 2.62 bits per heavy atom. The molecule has 1 heterocycles. The summed E-state index contributed by atoms with van der Waals surface area (Å²) in [4.78, 5) is 0. The molecule has 1 saturated heterocycles. The maximum atomic E-state index is 5.64. The van der Waals surface area contributed by atoms with Crippen LogP contribution in [-0.4, -0.2) is 30.8 Å². The van der Waals surface area contributed by atoms with Gasteiger partial charge in [0.2, 0.25) is 0 Å². The minimum absolute atomic E-state index is 0.269. The van der Waals surface area contributed by atoms with Crippen molar-refractivity contribution < 1.29 is 4.74 Å². The third-order valence-electron chi connectivity index (χ3n) is 1.37. The van der Waals surface area contributed by atoms with Crippen molar-refractivity contribution in [2.75, 3.05) is 19.5 Å². The molecule has 0 radical (unpaired) electrons. The molecule has 0 amide bonds. The normalized spacial score (nSPS) is 38.2. The van der Waals surface area contributed by atoms with Gasteiger partial charge in [-0.2, -0.15) is 11.8 Å². The molecule has 1 aliphatic heterocycles. The third kappa shape index (κ3) is 1.16. The van der Waals surface area contributed by atoms with E-state index in [1.165, 1.54) is 0 Å². The second kappa shape index (κ2) is 2.71. The second-order valence-electron chi connectivity index (χ2n) is 1.98. The molecule has 1 aliphatic rings. The molecule has 2 N–H and O–H groups in total. The summed E-state index contributed by atoms with van der Waals surface area (Å²) < 4.78 is 5.11. The van der Waals surface area contributed by atoms with E-state index in [0.717, 1.165) is 13.2 Å². The van der Waals surface area contributed by atoms with Gasteiger partial charge in [0, 0.05) is 11.3 Å². The molecular formula is C5H11NOS. The zero-order valence-corrected chi connectivity index (χ0v) is 5.78. The van der Waals surface area contributed by atoms with E-state index in [1.807, 2.05) is 0 Å². The van der Waals surface area contributed by atoms with E-state index in [9.17, 15) is 0 Å². The number of ether oxygens (including phenoxy) is 1. The van der Waals surface area contributed by atoms with Crippen LogP contribution < -0.4 is 5.73 Å². The van der Waals surface area contributed by atoms with Crippen LogP contribution in [0.5, 0.6) is 0 Å². The lowest BCUT2D eigenvalue weighted by Crippen LogP contribution is -2.30. The average molecular weight is 133 g/mol. The Labute approximate surface area is 53.8 Å². The number of thioether (sulfide) groups is 1. The Hall–Kier alpha value is 0.270. The van der Waals surface area contributed by atoms with Crippen molar-refractivity contribution in [1.29, 1.82) is 0 Å². The van der Waals surface area contributed by atoms with Crippen LogP contribution in [0.4, 0.5) is 0 Å². The summed E-state index contributed by atoms with van der Waals surface area (Å²) in [6.45, 7) is 1.58. The van der Waals surface area contributed by atoms with E-state index in [0.29, 0.717) is 5.25 Å². The summed E-state index contributed by atoms with van der Waals surface area (Å²) >= 11 is 1.79. The van der Waals surface area contributed by atoms with E-state index in [-0.39, 0.29) is 6.04 Å². The maximum Gasteiger partial charge on any atom is 0.0629 e. The third-order valence-corrected chi connectivity index (χ3v) is 2.46. The topological polar surface area (TPSA) is 35.2 Å². The molecule has 2 atom stereocenters. The first-order valence-electron chi connectivity index (χ1n) is 2.70. The summed E-state index contributed by atoms with van der Waals surface area (Å²) in [6, 6.07) is 0.269. The molecule has 0 aromatic carbocycles. The van der Waals surface area contributed by atoms with Gasteiger partial charge in [0.1, 0.15) is 0 Å². The van der Waals surface area contributed by atoms with Crippen molar-refractivity contribution in [3.63, 3.8) is 0 Å². The van der Waals surface area contributed by atoms with Crippen LogP contribution in [0.1, 0.15) is 0 Å². The first kappa shape index (κ1) is 6.39. The zero-order valence-electron chi connectivity index (χ0n) is 4.96. The summed E-state index contributed by atoms with van der Waals surface area (Å²) in [5, 5.41) is 0.537. The van der Waals surface area contributed by atoms with E-state index in [4.69, 9.17) is 10.5 Å². The summed E-state index contributed by atoms with van der Waals surface area (Å²) in [7, 11) is 0. The Bertz CT molecular complexity index is 78.8. The van der Waals surface area contributed by atoms with Gasteiger partial charge in [0.05, 0.1) is 13.2 Å². The Morgan fingerprint density at radius 1 is 1.62 bits per heavy atom. The van der Waals surface area contributed by atoms with Gasteiger partial charge in [-0.25, -0.2) is 0 Å². The van der Waals surface area contributed by atoms with Gasteiger partial charge in [-0.15, -0.1) is 0 Å². The first-order valence-corrected chi connectivity index (χ1v) is 3.99. The fourth-order valence-corrected chi connectivity index (χ4v) is 1.45. The minimum Gasteiger partial charge on any atom is -0.379 e. The molecule has 0 aromatic heterocycles. The predicted molar refractivity (Wildman–Crippen MR) is 36.1 cm³/mol. The van der Waals surface area contributed by atoms with Crippen LogP contribution in [-0.2, 0) is 4.74 Å². The van der Waals surface area contributed by atoms with Gasteiger partial charge in [-0.1, -0.05) is 0 Å². The molecule has 0 bridgehead atoms. The number of rotatable bonds is 1. The molecule has 1 rings (SSSR count). The van der Waals surface area contributed by atoms with Crippen LogP contribution >= 0.6 is 11.8 Å². The van der Waals surface area contributed by atoms with Crippen LogP contribution in [0.3, 0.4) is 0 Å². The van der Waals surface area contributed by atoms with E-state index >= 15 is 0 Å². The standard InChI is InChI=1S/C5H11NOS/c1-8-5-3-7-2-4(5)6/h4-5H,2-3,6H2,1H3/t4-,5-/m1/s1. The molecule has 0 aliphatic carbocycles. The van der Waals surface area contributed by atoms with Crippen molar-refractivity contribution in [1.82, 2.24) is 0 Å². The monoisotopic (exact) mass is 133 g/mol. The second-order valence-corrected chi connectivity index (χ2v) is 3.05. The van der Waals surface area contributed by atoms with E-state index in [1.54, 1.807) is 11.8 Å².